The molecule has 0 saturated heterocycles. The lowest BCUT2D eigenvalue weighted by Crippen LogP contribution is -2.16. The molecule has 12 heteroatoms. The Hall–Kier alpha value is -3.70. The molecule has 4 aromatic heterocycles. The molecule has 4 heterocycles. The number of anilines is 1. The number of halogens is 3. The molecule has 0 atom stereocenters. The van der Waals surface area contributed by atoms with Crippen molar-refractivity contribution in [1.82, 2.24) is 34.2 Å². The number of nitrogens with zero attached hydrogens (tertiary/aromatic N) is 7. The second-order valence-corrected chi connectivity index (χ2v) is 8.08. The lowest BCUT2D eigenvalue weighted by molar-refractivity contribution is -0.142. The summed E-state index contributed by atoms with van der Waals surface area (Å²) in [6.07, 6.45) is 2.97. The van der Waals surface area contributed by atoms with Crippen LogP contribution in [0.15, 0.2) is 30.9 Å². The summed E-state index contributed by atoms with van der Waals surface area (Å²) in [5.74, 6) is -0.617. The molecule has 0 unspecified atom stereocenters. The third kappa shape index (κ3) is 3.96. The van der Waals surface area contributed by atoms with Gasteiger partial charge < -0.3 is 5.32 Å². The monoisotopic (exact) mass is 458 g/mol. The fourth-order valence-electron chi connectivity index (χ4n) is 3.78. The van der Waals surface area contributed by atoms with Crippen molar-refractivity contribution >= 4 is 17.2 Å². The van der Waals surface area contributed by atoms with Gasteiger partial charge in [0.05, 0.1) is 30.8 Å². The molecule has 1 aliphatic rings. The Balaban J connectivity index is 1.40. The first-order valence-corrected chi connectivity index (χ1v) is 10.6. The Morgan fingerprint density at radius 3 is 2.64 bits per heavy atom. The maximum atomic E-state index is 13.6. The molecule has 33 heavy (non-hydrogen) atoms. The van der Waals surface area contributed by atoms with Crippen LogP contribution in [-0.2, 0) is 19.3 Å². The van der Waals surface area contributed by atoms with Crippen molar-refractivity contribution in [3.05, 3.63) is 59.1 Å². The van der Waals surface area contributed by atoms with Crippen molar-refractivity contribution in [3.63, 3.8) is 0 Å². The summed E-state index contributed by atoms with van der Waals surface area (Å²) in [6.45, 7) is 5.21. The molecule has 0 spiro atoms. The number of alkyl halides is 3. The molecule has 9 nitrogen and oxygen atoms in total. The molecule has 0 aliphatic heterocycles. The van der Waals surface area contributed by atoms with Crippen molar-refractivity contribution in [2.45, 2.75) is 51.9 Å². The Kier molecular flexibility index (Phi) is 4.94. The lowest BCUT2D eigenvalue weighted by Gasteiger charge is -2.11. The molecule has 1 aliphatic carbocycles. The van der Waals surface area contributed by atoms with Gasteiger partial charge in [0.25, 0.3) is 5.91 Å². The largest absolute Gasteiger partial charge is 0.433 e. The number of hydrogen-bond donors (Lipinski definition) is 1. The normalized spacial score (nSPS) is 14.2. The molecular weight excluding hydrogens is 437 g/mol. The minimum atomic E-state index is -4.62. The third-order valence-corrected chi connectivity index (χ3v) is 5.75. The molecule has 1 N–H and O–H groups in total. The van der Waals surface area contributed by atoms with Gasteiger partial charge in [0.1, 0.15) is 11.3 Å². The summed E-state index contributed by atoms with van der Waals surface area (Å²) >= 11 is 0. The number of hydrogen-bond acceptors (Lipinski definition) is 5. The van der Waals surface area contributed by atoms with E-state index in [1.54, 1.807) is 17.1 Å². The molecule has 5 rings (SSSR count). The summed E-state index contributed by atoms with van der Waals surface area (Å²) in [5, 5.41) is 15.0. The number of aryl methyl sites for hydroxylation is 1. The number of amides is 1. The van der Waals surface area contributed by atoms with Gasteiger partial charge in [0, 0.05) is 35.6 Å². The van der Waals surface area contributed by atoms with Gasteiger partial charge in [-0.3, -0.25) is 14.2 Å². The zero-order chi connectivity index (χ0) is 23.3. The number of rotatable bonds is 6. The molecule has 0 aromatic carbocycles. The van der Waals surface area contributed by atoms with Crippen LogP contribution < -0.4 is 5.32 Å². The van der Waals surface area contributed by atoms with Gasteiger partial charge in [-0.25, -0.2) is 9.50 Å². The maximum absolute atomic E-state index is 13.6. The highest BCUT2D eigenvalue weighted by Crippen LogP contribution is 2.41. The first-order valence-electron chi connectivity index (χ1n) is 10.6. The van der Waals surface area contributed by atoms with Crippen LogP contribution in [-0.4, -0.2) is 40.1 Å². The van der Waals surface area contributed by atoms with E-state index in [4.69, 9.17) is 0 Å². The van der Waals surface area contributed by atoms with Crippen LogP contribution in [0.4, 0.5) is 18.9 Å². The lowest BCUT2D eigenvalue weighted by atomic mass is 10.2. The average molecular weight is 458 g/mol. The van der Waals surface area contributed by atoms with E-state index in [0.717, 1.165) is 42.9 Å². The van der Waals surface area contributed by atoms with Crippen molar-refractivity contribution in [3.8, 4) is 0 Å². The van der Waals surface area contributed by atoms with Crippen LogP contribution in [0.3, 0.4) is 0 Å². The smallest absolute Gasteiger partial charge is 0.319 e. The number of carbonyl (C=O) groups excluding carboxylic acids is 1. The molecule has 1 amide bonds. The van der Waals surface area contributed by atoms with E-state index >= 15 is 0 Å². The SMILES string of the molecule is CCn1ncc(Cn2cc(NC(=O)c3cnn4c(C(F)(F)F)cc(C5CC5)nc34)cn2)c1C. The van der Waals surface area contributed by atoms with E-state index in [-0.39, 0.29) is 17.1 Å². The summed E-state index contributed by atoms with van der Waals surface area (Å²) in [6, 6.07) is 1.02. The quantitative estimate of drug-likeness (QED) is 0.476. The molecule has 4 aromatic rings. The highest BCUT2D eigenvalue weighted by atomic mass is 19.4. The highest BCUT2D eigenvalue weighted by molar-refractivity contribution is 6.08. The van der Waals surface area contributed by atoms with Crippen molar-refractivity contribution in [2.75, 3.05) is 5.32 Å². The topological polar surface area (TPSA) is 94.9 Å². The van der Waals surface area contributed by atoms with E-state index in [9.17, 15) is 18.0 Å². The fourth-order valence-corrected chi connectivity index (χ4v) is 3.78. The molecule has 1 fully saturated rings. The van der Waals surface area contributed by atoms with E-state index in [2.05, 4.69) is 25.6 Å². The number of nitrogens with one attached hydrogen (secondary N) is 1. The van der Waals surface area contributed by atoms with Gasteiger partial charge in [-0.15, -0.1) is 0 Å². The van der Waals surface area contributed by atoms with E-state index in [0.29, 0.717) is 22.4 Å². The van der Waals surface area contributed by atoms with E-state index < -0.39 is 17.8 Å². The van der Waals surface area contributed by atoms with Crippen molar-refractivity contribution in [1.29, 1.82) is 0 Å². The number of carbonyl (C=O) groups is 1. The Morgan fingerprint density at radius 1 is 1.18 bits per heavy atom. The zero-order valence-corrected chi connectivity index (χ0v) is 18.0. The van der Waals surface area contributed by atoms with E-state index in [1.807, 2.05) is 18.5 Å². The van der Waals surface area contributed by atoms with Crippen LogP contribution in [0.1, 0.15) is 58.7 Å². The molecular formula is C21H21F3N8O. The second-order valence-electron chi connectivity index (χ2n) is 8.08. The Morgan fingerprint density at radius 2 is 1.97 bits per heavy atom. The van der Waals surface area contributed by atoms with Crippen LogP contribution in [0, 0.1) is 6.92 Å². The zero-order valence-electron chi connectivity index (χ0n) is 18.0. The summed E-state index contributed by atoms with van der Waals surface area (Å²) in [7, 11) is 0. The standard InChI is InChI=1S/C21H21F3N8O/c1-3-31-12(2)14(7-26-31)10-30-11-15(8-25-30)28-20(33)16-9-27-32-18(21(22,23)24)6-17(13-4-5-13)29-19(16)32/h6-9,11,13H,3-5,10H2,1-2H3,(H,28,33). The van der Waals surface area contributed by atoms with Crippen molar-refractivity contribution < 1.29 is 18.0 Å². The number of fused-ring (bicyclic) bond motifs is 1. The predicted molar refractivity (Wildman–Crippen MR) is 112 cm³/mol. The van der Waals surface area contributed by atoms with Gasteiger partial charge >= 0.3 is 6.18 Å². The Labute approximate surface area is 186 Å². The Bertz CT molecular complexity index is 1350. The third-order valence-electron chi connectivity index (χ3n) is 5.75. The highest BCUT2D eigenvalue weighted by Gasteiger charge is 2.38. The van der Waals surface area contributed by atoms with Gasteiger partial charge in [0.15, 0.2) is 5.65 Å². The first kappa shape index (κ1) is 21.2. The van der Waals surface area contributed by atoms with Crippen LogP contribution in [0.5, 0.6) is 0 Å². The van der Waals surface area contributed by atoms with Crippen LogP contribution in [0.25, 0.3) is 5.65 Å². The van der Waals surface area contributed by atoms with Gasteiger partial charge in [-0.1, -0.05) is 0 Å². The molecule has 0 bridgehead atoms. The van der Waals surface area contributed by atoms with Gasteiger partial charge in [0.2, 0.25) is 0 Å². The van der Waals surface area contributed by atoms with Crippen LogP contribution in [0.2, 0.25) is 0 Å². The fraction of sp³-hybridized carbons (Fsp3) is 0.381. The van der Waals surface area contributed by atoms with Gasteiger partial charge in [-0.05, 0) is 32.8 Å². The summed E-state index contributed by atoms with van der Waals surface area (Å²) in [5.41, 5.74) is 1.69. The molecule has 172 valence electrons. The minimum Gasteiger partial charge on any atom is -0.319 e. The second kappa shape index (κ2) is 7.71. The van der Waals surface area contributed by atoms with E-state index in [1.165, 1.54) is 6.20 Å². The van der Waals surface area contributed by atoms with Crippen molar-refractivity contribution in [2.24, 2.45) is 0 Å². The predicted octanol–water partition coefficient (Wildman–Crippen LogP) is 3.65. The first-order chi connectivity index (χ1) is 15.7. The van der Waals surface area contributed by atoms with Crippen LogP contribution >= 0.6 is 0 Å². The van der Waals surface area contributed by atoms with Gasteiger partial charge in [-0.2, -0.15) is 28.5 Å². The number of aromatic nitrogens is 7. The maximum Gasteiger partial charge on any atom is 0.433 e. The molecule has 0 radical (unpaired) electrons. The summed E-state index contributed by atoms with van der Waals surface area (Å²) < 4.78 is 44.9. The average Bonchev–Trinajstić information content (AvgIpc) is 3.23. The minimum absolute atomic E-state index is 0.0133. The molecule has 1 saturated carbocycles. The summed E-state index contributed by atoms with van der Waals surface area (Å²) in [4.78, 5) is 17.2.